The standard InChI is InChI=1S/C15H25N3O2S/c1-4-17-14-7-8-16-10-15(14)21(19,20)18-13-6-5-11(2)12(3)9-13/h7-8,10-13,18H,4-6,9H2,1-3H3,(H,16,17). The molecule has 3 unspecified atom stereocenters. The molecule has 3 atom stereocenters. The van der Waals surface area contributed by atoms with Crippen molar-refractivity contribution in [2.45, 2.75) is 51.0 Å². The van der Waals surface area contributed by atoms with Crippen LogP contribution in [0.5, 0.6) is 0 Å². The van der Waals surface area contributed by atoms with E-state index >= 15 is 0 Å². The molecule has 2 N–H and O–H groups in total. The molecule has 0 bridgehead atoms. The van der Waals surface area contributed by atoms with Gasteiger partial charge in [-0.3, -0.25) is 4.98 Å². The Balaban J connectivity index is 2.15. The Hall–Kier alpha value is -1.14. The molecule has 118 valence electrons. The van der Waals surface area contributed by atoms with Gasteiger partial charge in [-0.05, 0) is 44.1 Å². The van der Waals surface area contributed by atoms with Gasteiger partial charge in [-0.15, -0.1) is 0 Å². The summed E-state index contributed by atoms with van der Waals surface area (Å²) in [4.78, 5) is 4.19. The third-order valence-corrected chi connectivity index (χ3v) is 5.91. The van der Waals surface area contributed by atoms with Gasteiger partial charge in [-0.2, -0.15) is 0 Å². The van der Waals surface area contributed by atoms with Crippen molar-refractivity contribution in [1.29, 1.82) is 0 Å². The topological polar surface area (TPSA) is 71.1 Å². The lowest BCUT2D eigenvalue weighted by Crippen LogP contribution is -2.40. The lowest BCUT2D eigenvalue weighted by atomic mass is 9.79. The summed E-state index contributed by atoms with van der Waals surface area (Å²) in [5, 5.41) is 3.08. The van der Waals surface area contributed by atoms with Crippen molar-refractivity contribution in [2.24, 2.45) is 11.8 Å². The maximum absolute atomic E-state index is 12.6. The summed E-state index contributed by atoms with van der Waals surface area (Å²) in [5.74, 6) is 1.22. The normalized spacial score (nSPS) is 26.5. The van der Waals surface area contributed by atoms with Crippen LogP contribution in [0.15, 0.2) is 23.4 Å². The van der Waals surface area contributed by atoms with Crippen LogP contribution in [-0.2, 0) is 10.0 Å². The molecule has 1 aliphatic rings. The molecule has 0 saturated heterocycles. The van der Waals surface area contributed by atoms with Gasteiger partial charge < -0.3 is 5.32 Å². The first-order valence-electron chi connectivity index (χ1n) is 7.64. The zero-order valence-corrected chi connectivity index (χ0v) is 13.8. The van der Waals surface area contributed by atoms with E-state index in [1.54, 1.807) is 12.3 Å². The smallest absolute Gasteiger partial charge is 0.244 e. The van der Waals surface area contributed by atoms with E-state index in [1.165, 1.54) is 6.20 Å². The molecule has 1 fully saturated rings. The fourth-order valence-corrected chi connectivity index (χ4v) is 4.28. The second-order valence-corrected chi connectivity index (χ2v) is 7.67. The highest BCUT2D eigenvalue weighted by Crippen LogP contribution is 2.30. The Bertz CT molecular complexity index is 574. The van der Waals surface area contributed by atoms with Gasteiger partial charge in [0.15, 0.2) is 0 Å². The lowest BCUT2D eigenvalue weighted by Gasteiger charge is -2.32. The van der Waals surface area contributed by atoms with Gasteiger partial charge >= 0.3 is 0 Å². The summed E-state index contributed by atoms with van der Waals surface area (Å²) in [7, 11) is -3.53. The maximum Gasteiger partial charge on any atom is 0.244 e. The van der Waals surface area contributed by atoms with Crippen LogP contribution in [0.3, 0.4) is 0 Å². The second kappa shape index (κ2) is 6.75. The molecule has 1 saturated carbocycles. The molecule has 0 amide bonds. The van der Waals surface area contributed by atoms with Gasteiger partial charge in [0.05, 0.1) is 5.69 Å². The molecule has 0 aromatic carbocycles. The van der Waals surface area contributed by atoms with Gasteiger partial charge in [0.1, 0.15) is 4.90 Å². The van der Waals surface area contributed by atoms with Crippen molar-refractivity contribution in [2.75, 3.05) is 11.9 Å². The molecule has 6 heteroatoms. The highest BCUT2D eigenvalue weighted by molar-refractivity contribution is 7.89. The number of rotatable bonds is 5. The Morgan fingerprint density at radius 1 is 1.29 bits per heavy atom. The minimum atomic E-state index is -3.53. The number of hydrogen-bond donors (Lipinski definition) is 2. The SMILES string of the molecule is CCNc1ccncc1S(=O)(=O)NC1CCC(C)C(C)C1. The Morgan fingerprint density at radius 2 is 2.05 bits per heavy atom. The molecular formula is C15H25N3O2S. The summed E-state index contributed by atoms with van der Waals surface area (Å²) < 4.78 is 28.0. The number of aromatic nitrogens is 1. The molecule has 0 radical (unpaired) electrons. The molecule has 1 aromatic rings. The second-order valence-electron chi connectivity index (χ2n) is 5.99. The number of nitrogens with one attached hydrogen (secondary N) is 2. The molecule has 1 heterocycles. The van der Waals surface area contributed by atoms with Gasteiger partial charge in [0, 0.05) is 25.0 Å². The predicted molar refractivity (Wildman–Crippen MR) is 84.7 cm³/mol. The van der Waals surface area contributed by atoms with Crippen LogP contribution in [0.1, 0.15) is 40.0 Å². The highest BCUT2D eigenvalue weighted by Gasteiger charge is 2.29. The van der Waals surface area contributed by atoms with Crippen molar-refractivity contribution < 1.29 is 8.42 Å². The van der Waals surface area contributed by atoms with E-state index in [0.717, 1.165) is 19.3 Å². The van der Waals surface area contributed by atoms with Crippen LogP contribution in [0, 0.1) is 11.8 Å². The monoisotopic (exact) mass is 311 g/mol. The quantitative estimate of drug-likeness (QED) is 0.877. The summed E-state index contributed by atoms with van der Waals surface area (Å²) in [6.07, 6.45) is 5.89. The van der Waals surface area contributed by atoms with Crippen LogP contribution in [-0.4, -0.2) is 26.0 Å². The fourth-order valence-electron chi connectivity index (χ4n) is 2.87. The van der Waals surface area contributed by atoms with E-state index in [4.69, 9.17) is 0 Å². The largest absolute Gasteiger partial charge is 0.384 e. The van der Waals surface area contributed by atoms with Gasteiger partial charge in [0.25, 0.3) is 0 Å². The number of pyridine rings is 1. The Labute approximate surface area is 127 Å². The first kappa shape index (κ1) is 16.2. The summed E-state index contributed by atoms with van der Waals surface area (Å²) in [5.41, 5.74) is 0.609. The van der Waals surface area contributed by atoms with Crippen molar-refractivity contribution in [1.82, 2.24) is 9.71 Å². The van der Waals surface area contributed by atoms with Crippen molar-refractivity contribution in [3.8, 4) is 0 Å². The predicted octanol–water partition coefficient (Wildman–Crippen LogP) is 2.62. The van der Waals surface area contributed by atoms with Crippen molar-refractivity contribution in [3.05, 3.63) is 18.5 Å². The minimum Gasteiger partial charge on any atom is -0.384 e. The zero-order valence-electron chi connectivity index (χ0n) is 13.0. The first-order valence-corrected chi connectivity index (χ1v) is 9.12. The molecular weight excluding hydrogens is 286 g/mol. The van der Waals surface area contributed by atoms with E-state index in [1.807, 2.05) is 6.92 Å². The van der Waals surface area contributed by atoms with Gasteiger partial charge in [-0.25, -0.2) is 13.1 Å². The summed E-state index contributed by atoms with van der Waals surface area (Å²) in [6.45, 7) is 7.04. The number of anilines is 1. The number of hydrogen-bond acceptors (Lipinski definition) is 4. The van der Waals surface area contributed by atoms with Crippen LogP contribution in [0.25, 0.3) is 0 Å². The van der Waals surface area contributed by atoms with Crippen molar-refractivity contribution >= 4 is 15.7 Å². The fraction of sp³-hybridized carbons (Fsp3) is 0.667. The summed E-state index contributed by atoms with van der Waals surface area (Å²) >= 11 is 0. The third-order valence-electron chi connectivity index (χ3n) is 4.36. The zero-order chi connectivity index (χ0) is 15.5. The van der Waals surface area contributed by atoms with Gasteiger partial charge in [-0.1, -0.05) is 13.8 Å². The van der Waals surface area contributed by atoms with Crippen LogP contribution in [0.2, 0.25) is 0 Å². The average molecular weight is 311 g/mol. The third kappa shape index (κ3) is 3.95. The van der Waals surface area contributed by atoms with Gasteiger partial charge in [0.2, 0.25) is 10.0 Å². The van der Waals surface area contributed by atoms with E-state index in [-0.39, 0.29) is 10.9 Å². The molecule has 0 aliphatic heterocycles. The van der Waals surface area contributed by atoms with E-state index in [2.05, 4.69) is 28.9 Å². The molecule has 1 aromatic heterocycles. The molecule has 2 rings (SSSR count). The summed E-state index contributed by atoms with van der Waals surface area (Å²) in [6, 6.07) is 1.72. The molecule has 21 heavy (non-hydrogen) atoms. The Morgan fingerprint density at radius 3 is 2.71 bits per heavy atom. The van der Waals surface area contributed by atoms with Crippen LogP contribution < -0.4 is 10.0 Å². The molecule has 1 aliphatic carbocycles. The van der Waals surface area contributed by atoms with Crippen molar-refractivity contribution in [3.63, 3.8) is 0 Å². The number of sulfonamides is 1. The first-order chi connectivity index (χ1) is 9.94. The minimum absolute atomic E-state index is 0.0240. The van der Waals surface area contributed by atoms with Crippen LogP contribution >= 0.6 is 0 Å². The average Bonchev–Trinajstić information content (AvgIpc) is 2.43. The highest BCUT2D eigenvalue weighted by atomic mass is 32.2. The lowest BCUT2D eigenvalue weighted by molar-refractivity contribution is 0.242. The number of nitrogens with zero attached hydrogens (tertiary/aromatic N) is 1. The Kier molecular flexibility index (Phi) is 5.22. The maximum atomic E-state index is 12.6. The van der Waals surface area contributed by atoms with E-state index in [9.17, 15) is 8.42 Å². The van der Waals surface area contributed by atoms with E-state index in [0.29, 0.717) is 24.1 Å². The molecule has 5 nitrogen and oxygen atoms in total. The molecule has 0 spiro atoms. The van der Waals surface area contributed by atoms with Crippen LogP contribution in [0.4, 0.5) is 5.69 Å². The van der Waals surface area contributed by atoms with E-state index < -0.39 is 10.0 Å².